The van der Waals surface area contributed by atoms with Crippen molar-refractivity contribution in [1.82, 2.24) is 0 Å². The second-order valence-electron chi connectivity index (χ2n) is 3.76. The standard InChI is InChI=1S/C12H17NO3/c1-8-4-5-11(13)10(6-8)12(14)16-9(2)7-15-3/h4-6,9H,7,13H2,1-3H3. The molecule has 0 amide bonds. The molecule has 0 aromatic heterocycles. The Labute approximate surface area is 95.3 Å². The highest BCUT2D eigenvalue weighted by molar-refractivity contribution is 5.95. The van der Waals surface area contributed by atoms with Gasteiger partial charge in [-0.05, 0) is 26.0 Å². The summed E-state index contributed by atoms with van der Waals surface area (Å²) in [5.41, 5.74) is 7.52. The van der Waals surface area contributed by atoms with Crippen LogP contribution in [0, 0.1) is 6.92 Å². The van der Waals surface area contributed by atoms with Crippen molar-refractivity contribution in [1.29, 1.82) is 0 Å². The van der Waals surface area contributed by atoms with Gasteiger partial charge in [0.2, 0.25) is 0 Å². The van der Waals surface area contributed by atoms with Gasteiger partial charge in [0, 0.05) is 12.8 Å². The molecule has 0 radical (unpaired) electrons. The number of aryl methyl sites for hydroxylation is 1. The van der Waals surface area contributed by atoms with E-state index in [0.717, 1.165) is 5.56 Å². The number of ether oxygens (including phenoxy) is 2. The number of carbonyl (C=O) groups excluding carboxylic acids is 1. The van der Waals surface area contributed by atoms with Crippen molar-refractivity contribution in [3.05, 3.63) is 29.3 Å². The third-order valence-corrected chi connectivity index (χ3v) is 2.14. The molecule has 88 valence electrons. The van der Waals surface area contributed by atoms with E-state index >= 15 is 0 Å². The fraction of sp³-hybridized carbons (Fsp3) is 0.417. The Kier molecular flexibility index (Phi) is 4.31. The fourth-order valence-electron chi connectivity index (χ4n) is 1.36. The zero-order valence-electron chi connectivity index (χ0n) is 9.82. The Morgan fingerprint density at radius 2 is 2.19 bits per heavy atom. The highest BCUT2D eigenvalue weighted by atomic mass is 16.6. The number of hydrogen-bond acceptors (Lipinski definition) is 4. The van der Waals surface area contributed by atoms with Gasteiger partial charge in [-0.1, -0.05) is 11.6 Å². The van der Waals surface area contributed by atoms with Crippen molar-refractivity contribution in [2.24, 2.45) is 0 Å². The first kappa shape index (κ1) is 12.5. The van der Waals surface area contributed by atoms with E-state index in [2.05, 4.69) is 0 Å². The number of hydrogen-bond donors (Lipinski definition) is 1. The predicted octanol–water partition coefficient (Wildman–Crippen LogP) is 1.77. The summed E-state index contributed by atoms with van der Waals surface area (Å²) >= 11 is 0. The van der Waals surface area contributed by atoms with Gasteiger partial charge in [0.1, 0.15) is 6.10 Å². The second-order valence-corrected chi connectivity index (χ2v) is 3.76. The van der Waals surface area contributed by atoms with Gasteiger partial charge in [-0.3, -0.25) is 0 Å². The molecular formula is C12H17NO3. The molecule has 4 heteroatoms. The molecule has 2 N–H and O–H groups in total. The molecule has 0 heterocycles. The van der Waals surface area contributed by atoms with Crippen LogP contribution < -0.4 is 5.73 Å². The molecule has 1 unspecified atom stereocenters. The van der Waals surface area contributed by atoms with Gasteiger partial charge in [-0.2, -0.15) is 0 Å². The van der Waals surface area contributed by atoms with Crippen LogP contribution in [0.1, 0.15) is 22.8 Å². The van der Waals surface area contributed by atoms with Gasteiger partial charge in [-0.15, -0.1) is 0 Å². The van der Waals surface area contributed by atoms with Crippen molar-refractivity contribution in [3.63, 3.8) is 0 Å². The smallest absolute Gasteiger partial charge is 0.340 e. The van der Waals surface area contributed by atoms with E-state index in [9.17, 15) is 4.79 Å². The second kappa shape index (κ2) is 5.51. The van der Waals surface area contributed by atoms with E-state index in [0.29, 0.717) is 17.9 Å². The van der Waals surface area contributed by atoms with Crippen LogP contribution in [0.25, 0.3) is 0 Å². The highest BCUT2D eigenvalue weighted by Gasteiger charge is 2.14. The third-order valence-electron chi connectivity index (χ3n) is 2.14. The lowest BCUT2D eigenvalue weighted by Gasteiger charge is -2.13. The van der Waals surface area contributed by atoms with Crippen molar-refractivity contribution in [2.45, 2.75) is 20.0 Å². The van der Waals surface area contributed by atoms with Gasteiger partial charge >= 0.3 is 5.97 Å². The van der Waals surface area contributed by atoms with E-state index in [1.807, 2.05) is 13.0 Å². The largest absolute Gasteiger partial charge is 0.457 e. The maximum Gasteiger partial charge on any atom is 0.340 e. The van der Waals surface area contributed by atoms with Crippen molar-refractivity contribution < 1.29 is 14.3 Å². The summed E-state index contributed by atoms with van der Waals surface area (Å²) in [6.45, 7) is 4.04. The molecule has 1 atom stereocenters. The van der Waals surface area contributed by atoms with Crippen LogP contribution in [0.15, 0.2) is 18.2 Å². The Morgan fingerprint density at radius 1 is 1.50 bits per heavy atom. The van der Waals surface area contributed by atoms with Crippen molar-refractivity contribution >= 4 is 11.7 Å². The monoisotopic (exact) mass is 223 g/mol. The number of rotatable bonds is 4. The maximum atomic E-state index is 11.7. The van der Waals surface area contributed by atoms with Gasteiger partial charge in [0.15, 0.2) is 0 Å². The van der Waals surface area contributed by atoms with Crippen LogP contribution in [0.3, 0.4) is 0 Å². The SMILES string of the molecule is COCC(C)OC(=O)c1cc(C)ccc1N. The minimum absolute atomic E-state index is 0.280. The van der Waals surface area contributed by atoms with Gasteiger partial charge in [-0.25, -0.2) is 4.79 Å². The minimum atomic E-state index is -0.411. The Bertz CT molecular complexity index is 377. The summed E-state index contributed by atoms with van der Waals surface area (Å²) in [6, 6.07) is 5.27. The summed E-state index contributed by atoms with van der Waals surface area (Å²) in [7, 11) is 1.56. The van der Waals surface area contributed by atoms with Crippen molar-refractivity contribution in [2.75, 3.05) is 19.5 Å². The Balaban J connectivity index is 2.76. The first-order valence-corrected chi connectivity index (χ1v) is 5.10. The van der Waals surface area contributed by atoms with E-state index < -0.39 is 5.97 Å². The van der Waals surface area contributed by atoms with Gasteiger partial charge in [0.25, 0.3) is 0 Å². The molecule has 0 aliphatic rings. The van der Waals surface area contributed by atoms with E-state index in [1.165, 1.54) is 0 Å². The maximum absolute atomic E-state index is 11.7. The molecule has 1 aromatic rings. The highest BCUT2D eigenvalue weighted by Crippen LogP contribution is 2.15. The summed E-state index contributed by atoms with van der Waals surface area (Å²) in [5.74, 6) is -0.411. The predicted molar refractivity (Wildman–Crippen MR) is 62.3 cm³/mol. The minimum Gasteiger partial charge on any atom is -0.457 e. The quantitative estimate of drug-likeness (QED) is 0.624. The van der Waals surface area contributed by atoms with Gasteiger partial charge < -0.3 is 15.2 Å². The molecule has 4 nitrogen and oxygen atoms in total. The topological polar surface area (TPSA) is 61.5 Å². The molecule has 0 aliphatic carbocycles. The first-order valence-electron chi connectivity index (χ1n) is 5.10. The van der Waals surface area contributed by atoms with Crippen LogP contribution in [0.2, 0.25) is 0 Å². The normalized spacial score (nSPS) is 12.2. The number of esters is 1. The molecule has 1 aromatic carbocycles. The lowest BCUT2D eigenvalue weighted by Crippen LogP contribution is -2.20. The number of methoxy groups -OCH3 is 1. The van der Waals surface area contributed by atoms with Crippen LogP contribution >= 0.6 is 0 Å². The Hall–Kier alpha value is -1.55. The summed E-state index contributed by atoms with van der Waals surface area (Å²) in [6.07, 6.45) is -0.280. The Morgan fingerprint density at radius 3 is 2.81 bits per heavy atom. The molecule has 0 saturated heterocycles. The van der Waals surface area contributed by atoms with E-state index in [-0.39, 0.29) is 6.10 Å². The molecule has 0 bridgehead atoms. The van der Waals surface area contributed by atoms with Crippen LogP contribution in [-0.2, 0) is 9.47 Å². The molecule has 0 fully saturated rings. The van der Waals surface area contributed by atoms with Gasteiger partial charge in [0.05, 0.1) is 12.2 Å². The summed E-state index contributed by atoms with van der Waals surface area (Å²) in [4.78, 5) is 11.7. The third kappa shape index (κ3) is 3.24. The average molecular weight is 223 g/mol. The number of anilines is 1. The summed E-state index contributed by atoms with van der Waals surface area (Å²) < 4.78 is 10.1. The lowest BCUT2D eigenvalue weighted by atomic mass is 10.1. The molecule has 16 heavy (non-hydrogen) atoms. The average Bonchev–Trinajstić information content (AvgIpc) is 2.21. The zero-order chi connectivity index (χ0) is 12.1. The molecule has 0 spiro atoms. The van der Waals surface area contributed by atoms with E-state index in [4.69, 9.17) is 15.2 Å². The number of nitrogen functional groups attached to an aromatic ring is 1. The number of benzene rings is 1. The van der Waals surface area contributed by atoms with Crippen LogP contribution in [0.4, 0.5) is 5.69 Å². The first-order chi connectivity index (χ1) is 7.54. The molecule has 0 saturated carbocycles. The fourth-order valence-corrected chi connectivity index (χ4v) is 1.36. The molecule has 0 aliphatic heterocycles. The van der Waals surface area contributed by atoms with E-state index in [1.54, 1.807) is 26.2 Å². The number of nitrogens with two attached hydrogens (primary N) is 1. The molecule has 1 rings (SSSR count). The zero-order valence-corrected chi connectivity index (χ0v) is 9.82. The van der Waals surface area contributed by atoms with Crippen LogP contribution in [0.5, 0.6) is 0 Å². The summed E-state index contributed by atoms with van der Waals surface area (Å²) in [5, 5.41) is 0. The molecular weight excluding hydrogens is 206 g/mol. The number of carbonyl (C=O) groups is 1. The lowest BCUT2D eigenvalue weighted by molar-refractivity contribution is 0.0121. The van der Waals surface area contributed by atoms with Crippen LogP contribution in [-0.4, -0.2) is 25.8 Å². The van der Waals surface area contributed by atoms with Crippen molar-refractivity contribution in [3.8, 4) is 0 Å².